The predicted octanol–water partition coefficient (Wildman–Crippen LogP) is 1.72. The molecular formula is C17H21N3O3. The molecular weight excluding hydrogens is 294 g/mol. The number of rotatable bonds is 6. The van der Waals surface area contributed by atoms with Crippen molar-refractivity contribution in [2.45, 2.75) is 25.3 Å². The second kappa shape index (κ2) is 6.69. The third-order valence-electron chi connectivity index (χ3n) is 3.96. The van der Waals surface area contributed by atoms with Crippen molar-refractivity contribution >= 4 is 17.6 Å². The minimum absolute atomic E-state index is 0.184. The topological polar surface area (TPSA) is 82.4 Å². The van der Waals surface area contributed by atoms with E-state index in [1.165, 1.54) is 0 Å². The molecule has 1 saturated carbocycles. The van der Waals surface area contributed by atoms with Crippen molar-refractivity contribution in [1.29, 1.82) is 5.26 Å². The van der Waals surface area contributed by atoms with Crippen LogP contribution in [-0.4, -0.2) is 38.1 Å². The Morgan fingerprint density at radius 2 is 2.13 bits per heavy atom. The van der Waals surface area contributed by atoms with Gasteiger partial charge in [-0.05, 0) is 43.9 Å². The minimum Gasteiger partial charge on any atom is -0.452 e. The Balaban J connectivity index is 1.90. The van der Waals surface area contributed by atoms with E-state index in [9.17, 15) is 14.9 Å². The van der Waals surface area contributed by atoms with E-state index in [-0.39, 0.29) is 5.92 Å². The van der Waals surface area contributed by atoms with Gasteiger partial charge in [-0.25, -0.2) is 4.79 Å². The number of hydrogen-bond donors (Lipinski definition) is 1. The number of hydrogen-bond acceptors (Lipinski definition) is 5. The number of esters is 1. The Labute approximate surface area is 136 Å². The van der Waals surface area contributed by atoms with Crippen LogP contribution >= 0.6 is 0 Å². The first-order valence-electron chi connectivity index (χ1n) is 7.52. The van der Waals surface area contributed by atoms with Crippen molar-refractivity contribution in [3.63, 3.8) is 0 Å². The fourth-order valence-electron chi connectivity index (χ4n) is 2.33. The van der Waals surface area contributed by atoms with Gasteiger partial charge in [-0.2, -0.15) is 5.26 Å². The van der Waals surface area contributed by atoms with Crippen LogP contribution in [0.4, 0.5) is 5.69 Å². The molecule has 1 aromatic carbocycles. The average molecular weight is 315 g/mol. The fourth-order valence-corrected chi connectivity index (χ4v) is 2.33. The molecule has 6 nitrogen and oxygen atoms in total. The van der Waals surface area contributed by atoms with Gasteiger partial charge in [0.05, 0.1) is 11.6 Å². The van der Waals surface area contributed by atoms with Crippen LogP contribution in [0, 0.1) is 17.2 Å². The first kappa shape index (κ1) is 16.8. The van der Waals surface area contributed by atoms with Crippen LogP contribution in [0.5, 0.6) is 0 Å². The third-order valence-corrected chi connectivity index (χ3v) is 3.96. The van der Waals surface area contributed by atoms with Gasteiger partial charge in [0.15, 0.2) is 6.61 Å². The fraction of sp³-hybridized carbons (Fsp3) is 0.471. The SMILES string of the molecule is CN(C)c1cccc(C(=O)OCC(=O)N[C@](C)(C#N)C2CC2)c1. The summed E-state index contributed by atoms with van der Waals surface area (Å²) in [6, 6.07) is 9.09. The van der Waals surface area contributed by atoms with Gasteiger partial charge in [0.25, 0.3) is 5.91 Å². The second-order valence-electron chi connectivity index (χ2n) is 6.16. The molecule has 1 aromatic rings. The van der Waals surface area contributed by atoms with E-state index in [2.05, 4.69) is 11.4 Å². The Morgan fingerprint density at radius 1 is 1.43 bits per heavy atom. The molecule has 1 aliphatic rings. The van der Waals surface area contributed by atoms with Crippen molar-refractivity contribution in [3.8, 4) is 6.07 Å². The number of nitrogens with zero attached hydrogens (tertiary/aromatic N) is 2. The molecule has 0 aliphatic heterocycles. The molecule has 1 aliphatic carbocycles. The summed E-state index contributed by atoms with van der Waals surface area (Å²) >= 11 is 0. The maximum atomic E-state index is 12.0. The maximum absolute atomic E-state index is 12.0. The summed E-state index contributed by atoms with van der Waals surface area (Å²) < 4.78 is 5.04. The van der Waals surface area contributed by atoms with Crippen molar-refractivity contribution in [3.05, 3.63) is 29.8 Å². The van der Waals surface area contributed by atoms with Gasteiger partial charge in [0, 0.05) is 19.8 Å². The lowest BCUT2D eigenvalue weighted by molar-refractivity contribution is -0.125. The Kier molecular flexibility index (Phi) is 4.89. The zero-order chi connectivity index (χ0) is 17.0. The molecule has 122 valence electrons. The summed E-state index contributed by atoms with van der Waals surface area (Å²) in [6.07, 6.45) is 1.86. The van der Waals surface area contributed by atoms with Crippen LogP contribution in [0.15, 0.2) is 24.3 Å². The van der Waals surface area contributed by atoms with Crippen LogP contribution in [0.3, 0.4) is 0 Å². The number of carbonyl (C=O) groups excluding carboxylic acids is 2. The molecule has 0 saturated heterocycles. The van der Waals surface area contributed by atoms with E-state index in [1.54, 1.807) is 25.1 Å². The number of benzene rings is 1. The highest BCUT2D eigenvalue weighted by Gasteiger charge is 2.43. The molecule has 0 unspecified atom stereocenters. The lowest BCUT2D eigenvalue weighted by atomic mass is 9.98. The van der Waals surface area contributed by atoms with Gasteiger partial charge in [0.2, 0.25) is 0 Å². The standard InChI is InChI=1S/C17H21N3O3/c1-17(11-18,13-7-8-13)19-15(21)10-23-16(22)12-5-4-6-14(9-12)20(2)3/h4-6,9,13H,7-8,10H2,1-3H3,(H,19,21)/t17-/m1/s1. The summed E-state index contributed by atoms with van der Waals surface area (Å²) in [4.78, 5) is 25.8. The van der Waals surface area contributed by atoms with Gasteiger partial charge >= 0.3 is 5.97 Å². The van der Waals surface area contributed by atoms with E-state index >= 15 is 0 Å². The van der Waals surface area contributed by atoms with Gasteiger partial charge in [-0.3, -0.25) is 4.79 Å². The molecule has 23 heavy (non-hydrogen) atoms. The third kappa shape index (κ3) is 4.22. The monoisotopic (exact) mass is 315 g/mol. The van der Waals surface area contributed by atoms with Crippen molar-refractivity contribution in [2.75, 3.05) is 25.6 Å². The van der Waals surface area contributed by atoms with Gasteiger partial charge in [0.1, 0.15) is 5.54 Å². The zero-order valence-electron chi connectivity index (χ0n) is 13.6. The molecule has 0 heterocycles. The highest BCUT2D eigenvalue weighted by Crippen LogP contribution is 2.39. The number of nitrogens with one attached hydrogen (secondary N) is 1. The minimum atomic E-state index is -0.881. The second-order valence-corrected chi connectivity index (χ2v) is 6.16. The summed E-state index contributed by atoms with van der Waals surface area (Å²) in [5, 5.41) is 11.9. The van der Waals surface area contributed by atoms with Crippen LogP contribution in [0.1, 0.15) is 30.1 Å². The molecule has 0 aromatic heterocycles. The number of carbonyl (C=O) groups is 2. The molecule has 1 fully saturated rings. The highest BCUT2D eigenvalue weighted by atomic mass is 16.5. The van der Waals surface area contributed by atoms with Crippen LogP contribution in [-0.2, 0) is 9.53 Å². The van der Waals surface area contributed by atoms with Crippen molar-refractivity contribution in [2.24, 2.45) is 5.92 Å². The molecule has 6 heteroatoms. The van der Waals surface area contributed by atoms with Crippen LogP contribution in [0.25, 0.3) is 0 Å². The Bertz CT molecular complexity index is 647. The van der Waals surface area contributed by atoms with Crippen molar-refractivity contribution in [1.82, 2.24) is 5.32 Å². The lowest BCUT2D eigenvalue weighted by Gasteiger charge is -2.22. The zero-order valence-corrected chi connectivity index (χ0v) is 13.6. The summed E-state index contributed by atoms with van der Waals surface area (Å²) in [7, 11) is 3.75. The molecule has 1 atom stereocenters. The quantitative estimate of drug-likeness (QED) is 0.808. The van der Waals surface area contributed by atoms with E-state index in [0.717, 1.165) is 18.5 Å². The Morgan fingerprint density at radius 3 is 2.70 bits per heavy atom. The molecule has 2 rings (SSSR count). The lowest BCUT2D eigenvalue weighted by Crippen LogP contribution is -2.48. The summed E-state index contributed by atoms with van der Waals surface area (Å²) in [6.45, 7) is 1.31. The predicted molar refractivity (Wildman–Crippen MR) is 85.9 cm³/mol. The molecule has 0 bridgehead atoms. The normalized spacial score (nSPS) is 15.9. The van der Waals surface area contributed by atoms with Crippen LogP contribution in [0.2, 0.25) is 0 Å². The maximum Gasteiger partial charge on any atom is 0.338 e. The summed E-state index contributed by atoms with van der Waals surface area (Å²) in [5.74, 6) is -0.837. The van der Waals surface area contributed by atoms with E-state index in [1.807, 2.05) is 25.1 Å². The molecule has 0 spiro atoms. The molecule has 0 radical (unpaired) electrons. The van der Waals surface area contributed by atoms with Crippen molar-refractivity contribution < 1.29 is 14.3 Å². The number of amides is 1. The molecule has 1 N–H and O–H groups in total. The Hall–Kier alpha value is -2.55. The summed E-state index contributed by atoms with van der Waals surface area (Å²) in [5.41, 5.74) is 0.373. The van der Waals surface area contributed by atoms with Gasteiger partial charge < -0.3 is 15.0 Å². The van der Waals surface area contributed by atoms with Gasteiger partial charge in [-0.1, -0.05) is 6.07 Å². The van der Waals surface area contributed by atoms with E-state index in [0.29, 0.717) is 5.56 Å². The first-order valence-corrected chi connectivity index (χ1v) is 7.52. The van der Waals surface area contributed by atoms with Gasteiger partial charge in [-0.15, -0.1) is 0 Å². The number of ether oxygens (including phenoxy) is 1. The average Bonchev–Trinajstić information content (AvgIpc) is 3.37. The molecule has 1 amide bonds. The van der Waals surface area contributed by atoms with E-state index < -0.39 is 24.0 Å². The number of anilines is 1. The highest BCUT2D eigenvalue weighted by molar-refractivity contribution is 5.92. The largest absolute Gasteiger partial charge is 0.452 e. The van der Waals surface area contributed by atoms with Crippen LogP contribution < -0.4 is 10.2 Å². The smallest absolute Gasteiger partial charge is 0.338 e. The first-order chi connectivity index (χ1) is 10.9. The number of nitriles is 1. The van der Waals surface area contributed by atoms with E-state index in [4.69, 9.17) is 4.74 Å².